The molecule has 96 valence electrons. The van der Waals surface area contributed by atoms with Gasteiger partial charge in [-0.25, -0.2) is 0 Å². The fourth-order valence-electron chi connectivity index (χ4n) is 1.84. The van der Waals surface area contributed by atoms with Crippen molar-refractivity contribution in [3.05, 3.63) is 35.9 Å². The largest absolute Gasteiger partial charge is 0.484 e. The van der Waals surface area contributed by atoms with Crippen LogP contribution in [0.15, 0.2) is 35.9 Å². The van der Waals surface area contributed by atoms with Crippen molar-refractivity contribution in [1.82, 2.24) is 4.90 Å². The summed E-state index contributed by atoms with van der Waals surface area (Å²) in [5.41, 5.74) is 7.62. The first-order chi connectivity index (χ1) is 8.65. The molecule has 2 rings (SSSR count). The molecule has 1 aliphatic rings. The lowest BCUT2D eigenvalue weighted by molar-refractivity contribution is -0.133. The zero-order valence-corrected chi connectivity index (χ0v) is 10.6. The molecule has 0 atom stereocenters. The summed E-state index contributed by atoms with van der Waals surface area (Å²) >= 11 is 0. The van der Waals surface area contributed by atoms with Crippen LogP contribution in [0.1, 0.15) is 13.3 Å². The number of rotatable bonds is 3. The van der Waals surface area contributed by atoms with Crippen molar-refractivity contribution in [1.29, 1.82) is 0 Å². The molecular formula is C14H18N2O2. The summed E-state index contributed by atoms with van der Waals surface area (Å²) in [6.45, 7) is 3.62. The molecule has 0 saturated carbocycles. The third-order valence-electron chi connectivity index (χ3n) is 3.01. The fraction of sp³-hybridized carbons (Fsp3) is 0.357. The molecule has 1 aromatic rings. The van der Waals surface area contributed by atoms with Gasteiger partial charge < -0.3 is 15.4 Å². The van der Waals surface area contributed by atoms with Crippen LogP contribution < -0.4 is 10.5 Å². The van der Waals surface area contributed by atoms with Crippen LogP contribution in [0.2, 0.25) is 0 Å². The molecule has 18 heavy (non-hydrogen) atoms. The first-order valence-electron chi connectivity index (χ1n) is 6.07. The number of hydrogen-bond donors (Lipinski definition) is 1. The topological polar surface area (TPSA) is 55.6 Å². The highest BCUT2D eigenvalue weighted by molar-refractivity contribution is 5.78. The SMILES string of the molecule is CC1=CCN(C(=O)COc2cccc(N)c2)CC1. The van der Waals surface area contributed by atoms with Crippen LogP contribution in [0.3, 0.4) is 0 Å². The van der Waals surface area contributed by atoms with Crippen LogP contribution in [0.25, 0.3) is 0 Å². The van der Waals surface area contributed by atoms with Crippen molar-refractivity contribution in [2.24, 2.45) is 0 Å². The minimum atomic E-state index is 0.0150. The van der Waals surface area contributed by atoms with Crippen LogP contribution in [0.5, 0.6) is 5.75 Å². The Labute approximate surface area is 107 Å². The van der Waals surface area contributed by atoms with E-state index in [1.54, 1.807) is 23.1 Å². The second-order valence-electron chi connectivity index (χ2n) is 4.50. The molecule has 1 aromatic carbocycles. The number of ether oxygens (including phenoxy) is 1. The van der Waals surface area contributed by atoms with Gasteiger partial charge in [-0.05, 0) is 25.5 Å². The molecule has 2 N–H and O–H groups in total. The number of nitrogens with zero attached hydrogens (tertiary/aromatic N) is 1. The highest BCUT2D eigenvalue weighted by atomic mass is 16.5. The standard InChI is InChI=1S/C14H18N2O2/c1-11-5-7-16(8-6-11)14(17)10-18-13-4-2-3-12(15)9-13/h2-5,9H,6-8,10,15H2,1H3. The molecule has 0 aromatic heterocycles. The van der Waals surface area contributed by atoms with Crippen LogP contribution in [0.4, 0.5) is 5.69 Å². The van der Waals surface area contributed by atoms with Gasteiger partial charge in [0.1, 0.15) is 5.75 Å². The van der Waals surface area contributed by atoms with Crippen molar-refractivity contribution in [3.63, 3.8) is 0 Å². The molecule has 1 aliphatic heterocycles. The average Bonchev–Trinajstić information content (AvgIpc) is 2.37. The maximum atomic E-state index is 11.9. The van der Waals surface area contributed by atoms with E-state index >= 15 is 0 Å². The number of benzene rings is 1. The van der Waals surface area contributed by atoms with Crippen LogP contribution >= 0.6 is 0 Å². The highest BCUT2D eigenvalue weighted by Crippen LogP contribution is 2.15. The minimum absolute atomic E-state index is 0.0150. The van der Waals surface area contributed by atoms with E-state index < -0.39 is 0 Å². The number of carbonyl (C=O) groups is 1. The Hall–Kier alpha value is -1.97. The van der Waals surface area contributed by atoms with E-state index in [2.05, 4.69) is 13.0 Å². The molecule has 0 fully saturated rings. The minimum Gasteiger partial charge on any atom is -0.484 e. The molecule has 4 nitrogen and oxygen atoms in total. The predicted octanol–water partition coefficient (Wildman–Crippen LogP) is 1.83. The van der Waals surface area contributed by atoms with Crippen LogP contribution in [-0.4, -0.2) is 30.5 Å². The van der Waals surface area contributed by atoms with Crippen LogP contribution in [0, 0.1) is 0 Å². The number of nitrogens with two attached hydrogens (primary N) is 1. The second-order valence-corrected chi connectivity index (χ2v) is 4.50. The summed E-state index contributed by atoms with van der Waals surface area (Å²) in [6, 6.07) is 7.10. The van der Waals surface area contributed by atoms with Gasteiger partial charge in [-0.1, -0.05) is 17.7 Å². The van der Waals surface area contributed by atoms with Gasteiger partial charge in [-0.15, -0.1) is 0 Å². The van der Waals surface area contributed by atoms with Gasteiger partial charge >= 0.3 is 0 Å². The molecule has 4 heteroatoms. The number of amides is 1. The summed E-state index contributed by atoms with van der Waals surface area (Å²) in [7, 11) is 0. The van der Waals surface area contributed by atoms with E-state index in [-0.39, 0.29) is 12.5 Å². The van der Waals surface area contributed by atoms with Gasteiger partial charge in [-0.2, -0.15) is 0 Å². The van der Waals surface area contributed by atoms with E-state index in [1.807, 2.05) is 6.07 Å². The van der Waals surface area contributed by atoms with E-state index in [0.717, 1.165) is 13.0 Å². The first kappa shape index (κ1) is 12.5. The zero-order chi connectivity index (χ0) is 13.0. The molecule has 0 radical (unpaired) electrons. The van der Waals surface area contributed by atoms with Gasteiger partial charge in [-0.3, -0.25) is 4.79 Å². The Morgan fingerprint density at radius 2 is 2.33 bits per heavy atom. The Morgan fingerprint density at radius 3 is 3.00 bits per heavy atom. The first-order valence-corrected chi connectivity index (χ1v) is 6.07. The van der Waals surface area contributed by atoms with Crippen LogP contribution in [-0.2, 0) is 4.79 Å². The zero-order valence-electron chi connectivity index (χ0n) is 10.6. The Balaban J connectivity index is 1.85. The molecule has 0 bridgehead atoms. The number of hydrogen-bond acceptors (Lipinski definition) is 3. The maximum Gasteiger partial charge on any atom is 0.260 e. The quantitative estimate of drug-likeness (QED) is 0.654. The lowest BCUT2D eigenvalue weighted by atomic mass is 10.1. The fourth-order valence-corrected chi connectivity index (χ4v) is 1.84. The smallest absolute Gasteiger partial charge is 0.260 e. The lowest BCUT2D eigenvalue weighted by Crippen LogP contribution is -2.37. The summed E-state index contributed by atoms with van der Waals surface area (Å²) in [5.74, 6) is 0.647. The average molecular weight is 246 g/mol. The van der Waals surface area contributed by atoms with E-state index in [4.69, 9.17) is 10.5 Å². The summed E-state index contributed by atoms with van der Waals surface area (Å²) in [5, 5.41) is 0. The van der Waals surface area contributed by atoms with Gasteiger partial charge in [0, 0.05) is 24.8 Å². The van der Waals surface area contributed by atoms with Crippen molar-refractivity contribution in [2.45, 2.75) is 13.3 Å². The number of anilines is 1. The molecule has 0 aliphatic carbocycles. The van der Waals surface area contributed by atoms with E-state index in [1.165, 1.54) is 5.57 Å². The monoisotopic (exact) mass is 246 g/mol. The molecule has 0 spiro atoms. The molecule has 1 heterocycles. The van der Waals surface area contributed by atoms with E-state index in [0.29, 0.717) is 18.0 Å². The summed E-state index contributed by atoms with van der Waals surface area (Å²) in [6.07, 6.45) is 3.03. The third kappa shape index (κ3) is 3.26. The molecule has 0 saturated heterocycles. The van der Waals surface area contributed by atoms with Gasteiger partial charge in [0.2, 0.25) is 0 Å². The lowest BCUT2D eigenvalue weighted by Gasteiger charge is -2.25. The van der Waals surface area contributed by atoms with Crippen molar-refractivity contribution < 1.29 is 9.53 Å². The Kier molecular flexibility index (Phi) is 3.87. The maximum absolute atomic E-state index is 11.9. The number of nitrogen functional groups attached to an aromatic ring is 1. The molecular weight excluding hydrogens is 228 g/mol. The summed E-state index contributed by atoms with van der Waals surface area (Å²) in [4.78, 5) is 13.7. The Bertz CT molecular complexity index is 469. The van der Waals surface area contributed by atoms with Gasteiger partial charge in [0.05, 0.1) is 0 Å². The summed E-state index contributed by atoms with van der Waals surface area (Å²) < 4.78 is 5.44. The predicted molar refractivity (Wildman–Crippen MR) is 71.3 cm³/mol. The third-order valence-corrected chi connectivity index (χ3v) is 3.01. The molecule has 1 amide bonds. The van der Waals surface area contributed by atoms with Crippen molar-refractivity contribution in [3.8, 4) is 5.75 Å². The normalized spacial score (nSPS) is 15.2. The van der Waals surface area contributed by atoms with Crippen molar-refractivity contribution in [2.75, 3.05) is 25.4 Å². The highest BCUT2D eigenvalue weighted by Gasteiger charge is 2.16. The van der Waals surface area contributed by atoms with E-state index in [9.17, 15) is 4.79 Å². The second kappa shape index (κ2) is 5.58. The van der Waals surface area contributed by atoms with Gasteiger partial charge in [0.15, 0.2) is 6.61 Å². The molecule has 0 unspecified atom stereocenters. The van der Waals surface area contributed by atoms with Gasteiger partial charge in [0.25, 0.3) is 5.91 Å². The number of carbonyl (C=O) groups excluding carboxylic acids is 1. The van der Waals surface area contributed by atoms with Crippen molar-refractivity contribution >= 4 is 11.6 Å². The Morgan fingerprint density at radius 1 is 1.50 bits per heavy atom.